The maximum atomic E-state index is 12.2. The van der Waals surface area contributed by atoms with E-state index in [1.165, 1.54) is 6.07 Å². The number of phenolic OH excluding ortho intramolecular Hbond substituents is 2. The highest BCUT2D eigenvalue weighted by Gasteiger charge is 2.30. The van der Waals surface area contributed by atoms with E-state index in [0.717, 1.165) is 0 Å². The summed E-state index contributed by atoms with van der Waals surface area (Å²) >= 11 is 0. The second-order valence-corrected chi connectivity index (χ2v) is 6.53. The summed E-state index contributed by atoms with van der Waals surface area (Å²) in [6.07, 6.45) is 1.68. The van der Waals surface area contributed by atoms with Gasteiger partial charge >= 0.3 is 0 Å². The van der Waals surface area contributed by atoms with Crippen molar-refractivity contribution in [2.75, 3.05) is 0 Å². The number of aromatic hydroxyl groups is 2. The Morgan fingerprint density at radius 3 is 2.00 bits per heavy atom. The smallest absolute Gasteiger partial charge is 0.229 e. The predicted molar refractivity (Wildman–Crippen MR) is 89.4 cm³/mol. The number of carbonyl (C=O) groups is 2. The third-order valence-electron chi connectivity index (χ3n) is 4.19. The molecule has 122 valence electrons. The van der Waals surface area contributed by atoms with Crippen molar-refractivity contribution in [2.24, 2.45) is 5.92 Å². The third-order valence-corrected chi connectivity index (χ3v) is 4.19. The number of Topliss-reactive ketones (excluding diaryl/α,β-unsaturated/α-hetero) is 2. The fraction of sp³-hybridized carbons (Fsp3) is 0.368. The molecular formula is C19H22O4. The van der Waals surface area contributed by atoms with Crippen LogP contribution in [0.4, 0.5) is 0 Å². The van der Waals surface area contributed by atoms with Gasteiger partial charge in [0.25, 0.3) is 0 Å². The van der Waals surface area contributed by atoms with Gasteiger partial charge in [-0.25, -0.2) is 0 Å². The minimum absolute atomic E-state index is 0.0192. The number of allylic oxidation sites excluding steroid dienone is 4. The number of ketones is 2. The van der Waals surface area contributed by atoms with E-state index in [4.69, 9.17) is 0 Å². The number of hydrogen-bond acceptors (Lipinski definition) is 4. The van der Waals surface area contributed by atoms with Crippen molar-refractivity contribution in [3.63, 3.8) is 0 Å². The zero-order chi connectivity index (χ0) is 17.5. The summed E-state index contributed by atoms with van der Waals surface area (Å²) in [4.78, 5) is 24.4. The number of hydrogen-bond donors (Lipinski definition) is 2. The van der Waals surface area contributed by atoms with Gasteiger partial charge in [-0.1, -0.05) is 27.7 Å². The van der Waals surface area contributed by atoms with E-state index in [9.17, 15) is 19.8 Å². The van der Waals surface area contributed by atoms with Crippen LogP contribution >= 0.6 is 0 Å². The predicted octanol–water partition coefficient (Wildman–Crippen LogP) is 3.73. The van der Waals surface area contributed by atoms with Crippen LogP contribution in [0.3, 0.4) is 0 Å². The first kappa shape index (κ1) is 17.0. The van der Waals surface area contributed by atoms with E-state index in [2.05, 4.69) is 0 Å². The Morgan fingerprint density at radius 2 is 1.48 bits per heavy atom. The van der Waals surface area contributed by atoms with Gasteiger partial charge in [-0.15, -0.1) is 0 Å². The topological polar surface area (TPSA) is 74.6 Å². The molecule has 1 aromatic carbocycles. The van der Waals surface area contributed by atoms with E-state index in [-0.39, 0.29) is 23.3 Å². The third kappa shape index (κ3) is 2.93. The van der Waals surface area contributed by atoms with Crippen molar-refractivity contribution in [3.05, 3.63) is 40.5 Å². The van der Waals surface area contributed by atoms with E-state index < -0.39 is 11.6 Å². The Labute approximate surface area is 136 Å². The standard InChI is InChI=1S/C19H22O4/c1-9(2)12-6-15(17(21)8-16(12)20)14-7-13(10(3)4)19(23)18(22)11(14)5/h6-10,20-21H,1-5H3. The van der Waals surface area contributed by atoms with Crippen LogP contribution in [0.5, 0.6) is 11.5 Å². The molecule has 0 fully saturated rings. The monoisotopic (exact) mass is 314 g/mol. The molecule has 4 heteroatoms. The molecule has 0 aliphatic heterocycles. The second kappa shape index (κ2) is 6.03. The van der Waals surface area contributed by atoms with Gasteiger partial charge < -0.3 is 10.2 Å². The zero-order valence-corrected chi connectivity index (χ0v) is 14.1. The molecule has 2 N–H and O–H groups in total. The van der Waals surface area contributed by atoms with Gasteiger partial charge in [0.1, 0.15) is 11.5 Å². The molecule has 2 rings (SSSR count). The SMILES string of the molecule is CC1=C(c2cc(C(C)C)c(O)cc2O)C=C(C(C)C)C(=O)C1=O. The van der Waals surface area contributed by atoms with Crippen molar-refractivity contribution in [3.8, 4) is 11.5 Å². The number of benzene rings is 1. The molecular weight excluding hydrogens is 292 g/mol. The molecule has 0 saturated carbocycles. The first-order chi connectivity index (χ1) is 10.6. The van der Waals surface area contributed by atoms with E-state index in [0.29, 0.717) is 27.8 Å². The highest BCUT2D eigenvalue weighted by atomic mass is 16.3. The average molecular weight is 314 g/mol. The maximum absolute atomic E-state index is 12.2. The zero-order valence-electron chi connectivity index (χ0n) is 14.1. The molecule has 0 radical (unpaired) electrons. The largest absolute Gasteiger partial charge is 0.508 e. The van der Waals surface area contributed by atoms with Crippen molar-refractivity contribution >= 4 is 17.1 Å². The van der Waals surface area contributed by atoms with Crippen LogP contribution in [-0.4, -0.2) is 21.8 Å². The molecule has 1 aliphatic rings. The lowest BCUT2D eigenvalue weighted by Crippen LogP contribution is -2.24. The quantitative estimate of drug-likeness (QED) is 0.658. The molecule has 0 aromatic heterocycles. The Morgan fingerprint density at radius 1 is 0.870 bits per heavy atom. The summed E-state index contributed by atoms with van der Waals surface area (Å²) in [7, 11) is 0. The first-order valence-corrected chi connectivity index (χ1v) is 7.72. The van der Waals surface area contributed by atoms with Gasteiger partial charge in [0.2, 0.25) is 11.6 Å². The summed E-state index contributed by atoms with van der Waals surface area (Å²) < 4.78 is 0. The normalized spacial score (nSPS) is 15.7. The second-order valence-electron chi connectivity index (χ2n) is 6.53. The Balaban J connectivity index is 2.72. The molecule has 0 bridgehead atoms. The van der Waals surface area contributed by atoms with Crippen LogP contribution in [0.15, 0.2) is 29.4 Å². The maximum Gasteiger partial charge on any atom is 0.229 e. The van der Waals surface area contributed by atoms with Crippen molar-refractivity contribution in [1.82, 2.24) is 0 Å². The lowest BCUT2D eigenvalue weighted by Gasteiger charge is -2.20. The molecule has 0 spiro atoms. The number of carbonyl (C=O) groups excluding carboxylic acids is 2. The number of rotatable bonds is 3. The Bertz CT molecular complexity index is 749. The van der Waals surface area contributed by atoms with Gasteiger partial charge in [-0.3, -0.25) is 9.59 Å². The van der Waals surface area contributed by atoms with Crippen LogP contribution in [0.1, 0.15) is 51.7 Å². The fourth-order valence-corrected chi connectivity index (χ4v) is 2.73. The van der Waals surface area contributed by atoms with Crippen LogP contribution in [0.2, 0.25) is 0 Å². The molecule has 23 heavy (non-hydrogen) atoms. The van der Waals surface area contributed by atoms with Gasteiger partial charge in [-0.05, 0) is 42.0 Å². The van der Waals surface area contributed by atoms with Crippen LogP contribution in [0, 0.1) is 5.92 Å². The van der Waals surface area contributed by atoms with Crippen LogP contribution in [0.25, 0.3) is 5.57 Å². The van der Waals surface area contributed by atoms with Crippen LogP contribution in [-0.2, 0) is 9.59 Å². The minimum atomic E-state index is -0.537. The molecule has 0 amide bonds. The summed E-state index contributed by atoms with van der Waals surface area (Å²) in [6.45, 7) is 9.16. The van der Waals surface area contributed by atoms with Gasteiger partial charge in [0.05, 0.1) is 0 Å². The number of phenols is 2. The van der Waals surface area contributed by atoms with Crippen molar-refractivity contribution in [2.45, 2.75) is 40.5 Å². The fourth-order valence-electron chi connectivity index (χ4n) is 2.73. The van der Waals surface area contributed by atoms with E-state index >= 15 is 0 Å². The van der Waals surface area contributed by atoms with E-state index in [1.807, 2.05) is 27.7 Å². The van der Waals surface area contributed by atoms with Gasteiger partial charge in [-0.2, -0.15) is 0 Å². The van der Waals surface area contributed by atoms with E-state index in [1.54, 1.807) is 19.1 Å². The molecule has 0 atom stereocenters. The van der Waals surface area contributed by atoms with Gasteiger partial charge in [0, 0.05) is 22.8 Å². The molecule has 1 aromatic rings. The summed E-state index contributed by atoms with van der Waals surface area (Å²) in [5.74, 6) is -1.13. The van der Waals surface area contributed by atoms with Crippen molar-refractivity contribution in [1.29, 1.82) is 0 Å². The first-order valence-electron chi connectivity index (χ1n) is 7.72. The Hall–Kier alpha value is -2.36. The summed E-state index contributed by atoms with van der Waals surface area (Å²) in [5, 5.41) is 20.2. The van der Waals surface area contributed by atoms with Crippen molar-refractivity contribution < 1.29 is 19.8 Å². The van der Waals surface area contributed by atoms with Crippen LogP contribution < -0.4 is 0 Å². The molecule has 0 heterocycles. The molecule has 1 aliphatic carbocycles. The highest BCUT2D eigenvalue weighted by Crippen LogP contribution is 2.39. The van der Waals surface area contributed by atoms with Gasteiger partial charge in [0.15, 0.2) is 0 Å². The molecule has 0 unspecified atom stereocenters. The Kier molecular flexibility index (Phi) is 4.46. The lowest BCUT2D eigenvalue weighted by molar-refractivity contribution is -0.132. The molecule has 0 saturated heterocycles. The lowest BCUT2D eigenvalue weighted by atomic mass is 9.82. The molecule has 4 nitrogen and oxygen atoms in total. The highest BCUT2D eigenvalue weighted by molar-refractivity contribution is 6.51. The summed E-state index contributed by atoms with van der Waals surface area (Å²) in [5.41, 5.74) is 2.44. The minimum Gasteiger partial charge on any atom is -0.508 e. The summed E-state index contributed by atoms with van der Waals surface area (Å²) in [6, 6.07) is 2.97. The average Bonchev–Trinajstić information content (AvgIpc) is 2.45.